The van der Waals surface area contributed by atoms with E-state index in [0.29, 0.717) is 25.5 Å². The Morgan fingerprint density at radius 1 is 1.20 bits per heavy atom. The molecule has 1 fully saturated rings. The second kappa shape index (κ2) is 6.78. The van der Waals surface area contributed by atoms with Crippen molar-refractivity contribution in [1.29, 1.82) is 0 Å². The molecule has 8 heteroatoms. The third-order valence-electron chi connectivity index (χ3n) is 4.19. The highest BCUT2D eigenvalue weighted by atomic mass is 19.4. The minimum absolute atomic E-state index is 0.286. The number of halogens is 3. The van der Waals surface area contributed by atoms with Crippen LogP contribution in [0.3, 0.4) is 0 Å². The molecule has 1 N–H and O–H groups in total. The predicted octanol–water partition coefficient (Wildman–Crippen LogP) is 2.95. The van der Waals surface area contributed by atoms with Crippen molar-refractivity contribution in [2.75, 3.05) is 13.2 Å². The molecule has 1 aromatic carbocycles. The van der Waals surface area contributed by atoms with Crippen LogP contribution in [-0.2, 0) is 41.6 Å². The molecule has 5 nitrogen and oxygen atoms in total. The Morgan fingerprint density at radius 2 is 1.92 bits per heavy atom. The molecule has 1 aliphatic heterocycles. The Kier molecular flexibility index (Phi) is 4.86. The third kappa shape index (κ3) is 4.02. The van der Waals surface area contributed by atoms with Gasteiger partial charge < -0.3 is 14.8 Å². The summed E-state index contributed by atoms with van der Waals surface area (Å²) in [5, 5.41) is 6.65. The normalized spacial score (nSPS) is 17.2. The van der Waals surface area contributed by atoms with Gasteiger partial charge in [0.15, 0.2) is 11.5 Å². The molecule has 0 saturated carbocycles. The SMILES string of the molecule is Cn1nc(C(F)(F)F)cc1CNCc1cccc(C2(C)OCCO2)c1. The van der Waals surface area contributed by atoms with Crippen molar-refractivity contribution in [1.82, 2.24) is 15.1 Å². The van der Waals surface area contributed by atoms with Crippen LogP contribution in [0.1, 0.15) is 29.4 Å². The number of nitrogens with zero attached hydrogens (tertiary/aromatic N) is 2. The Bertz CT molecular complexity index is 737. The van der Waals surface area contributed by atoms with E-state index in [4.69, 9.17) is 9.47 Å². The van der Waals surface area contributed by atoms with Crippen molar-refractivity contribution in [3.63, 3.8) is 0 Å². The zero-order valence-corrected chi connectivity index (χ0v) is 14.1. The van der Waals surface area contributed by atoms with Crippen LogP contribution in [0, 0.1) is 0 Å². The zero-order chi connectivity index (χ0) is 18.1. The van der Waals surface area contributed by atoms with Crippen LogP contribution in [0.15, 0.2) is 30.3 Å². The third-order valence-corrected chi connectivity index (χ3v) is 4.19. The zero-order valence-electron chi connectivity index (χ0n) is 14.1. The number of aromatic nitrogens is 2. The molecular weight excluding hydrogens is 335 g/mol. The summed E-state index contributed by atoms with van der Waals surface area (Å²) in [7, 11) is 1.50. The lowest BCUT2D eigenvalue weighted by atomic mass is 10.0. The molecule has 0 aliphatic carbocycles. The Morgan fingerprint density at radius 3 is 2.56 bits per heavy atom. The number of hydrogen-bond acceptors (Lipinski definition) is 4. The van der Waals surface area contributed by atoms with Gasteiger partial charge in [-0.25, -0.2) is 0 Å². The fourth-order valence-corrected chi connectivity index (χ4v) is 2.79. The highest BCUT2D eigenvalue weighted by Gasteiger charge is 2.34. The van der Waals surface area contributed by atoms with Crippen LogP contribution in [0.2, 0.25) is 0 Å². The smallest absolute Gasteiger partial charge is 0.344 e. The summed E-state index contributed by atoms with van der Waals surface area (Å²) in [5.74, 6) is -0.736. The molecule has 0 amide bonds. The molecule has 1 aliphatic rings. The summed E-state index contributed by atoms with van der Waals surface area (Å²) in [6.45, 7) is 3.79. The summed E-state index contributed by atoms with van der Waals surface area (Å²) < 4.78 is 50.6. The van der Waals surface area contributed by atoms with Gasteiger partial charge in [-0.3, -0.25) is 4.68 Å². The number of hydrogen-bond donors (Lipinski definition) is 1. The maximum absolute atomic E-state index is 12.7. The Hall–Kier alpha value is -1.90. The van der Waals surface area contributed by atoms with Gasteiger partial charge in [-0.1, -0.05) is 18.2 Å². The number of nitrogens with one attached hydrogen (secondary N) is 1. The van der Waals surface area contributed by atoms with Gasteiger partial charge in [-0.15, -0.1) is 0 Å². The van der Waals surface area contributed by atoms with Crippen molar-refractivity contribution in [3.05, 3.63) is 52.8 Å². The highest BCUT2D eigenvalue weighted by Crippen LogP contribution is 2.31. The molecule has 0 bridgehead atoms. The van der Waals surface area contributed by atoms with Gasteiger partial charge in [0.2, 0.25) is 0 Å². The van der Waals surface area contributed by atoms with Crippen molar-refractivity contribution in [2.24, 2.45) is 7.05 Å². The number of benzene rings is 1. The van der Waals surface area contributed by atoms with Gasteiger partial charge in [-0.05, 0) is 24.6 Å². The number of alkyl halides is 3. The van der Waals surface area contributed by atoms with E-state index in [9.17, 15) is 13.2 Å². The summed E-state index contributed by atoms with van der Waals surface area (Å²) in [5.41, 5.74) is 1.51. The number of ether oxygens (including phenoxy) is 2. The van der Waals surface area contributed by atoms with E-state index >= 15 is 0 Å². The molecule has 0 atom stereocenters. The van der Waals surface area contributed by atoms with E-state index in [2.05, 4.69) is 10.4 Å². The molecule has 25 heavy (non-hydrogen) atoms. The molecule has 136 valence electrons. The van der Waals surface area contributed by atoms with Gasteiger partial charge in [0.25, 0.3) is 0 Å². The standard InChI is InChI=1S/C17H20F3N3O2/c1-16(24-6-7-25-16)13-5-3-4-12(8-13)10-21-11-14-9-15(17(18,19)20)22-23(14)2/h3-5,8-9,21H,6-7,10-11H2,1-2H3. The second-order valence-corrected chi connectivity index (χ2v) is 6.09. The van der Waals surface area contributed by atoms with Crippen molar-refractivity contribution in [3.8, 4) is 0 Å². The van der Waals surface area contributed by atoms with Crippen molar-refractivity contribution < 1.29 is 22.6 Å². The largest absolute Gasteiger partial charge is 0.435 e. The van der Waals surface area contributed by atoms with Gasteiger partial charge in [0.05, 0.1) is 18.9 Å². The first kappa shape index (κ1) is 17.9. The van der Waals surface area contributed by atoms with E-state index in [1.807, 2.05) is 31.2 Å². The first-order chi connectivity index (χ1) is 11.8. The fraction of sp³-hybridized carbons (Fsp3) is 0.471. The average molecular weight is 355 g/mol. The summed E-state index contributed by atoms with van der Waals surface area (Å²) >= 11 is 0. The summed E-state index contributed by atoms with van der Waals surface area (Å²) in [6.07, 6.45) is -4.43. The monoisotopic (exact) mass is 355 g/mol. The molecular formula is C17H20F3N3O2. The summed E-state index contributed by atoms with van der Waals surface area (Å²) in [6, 6.07) is 8.83. The van der Waals surface area contributed by atoms with Crippen LogP contribution in [0.25, 0.3) is 0 Å². The lowest BCUT2D eigenvalue weighted by Gasteiger charge is -2.23. The Labute approximate surface area is 143 Å². The minimum atomic E-state index is -4.43. The van der Waals surface area contributed by atoms with Crippen LogP contribution < -0.4 is 5.32 Å². The highest BCUT2D eigenvalue weighted by molar-refractivity contribution is 5.27. The molecule has 1 aromatic heterocycles. The van der Waals surface area contributed by atoms with E-state index in [1.54, 1.807) is 0 Å². The lowest BCUT2D eigenvalue weighted by Crippen LogP contribution is -2.23. The average Bonchev–Trinajstić information content (AvgIpc) is 3.15. The van der Waals surface area contributed by atoms with E-state index in [-0.39, 0.29) is 6.54 Å². The molecule has 3 rings (SSSR count). The molecule has 2 aromatic rings. The predicted molar refractivity (Wildman–Crippen MR) is 84.5 cm³/mol. The van der Waals surface area contributed by atoms with Gasteiger partial charge in [0.1, 0.15) is 0 Å². The van der Waals surface area contributed by atoms with E-state index in [0.717, 1.165) is 17.2 Å². The van der Waals surface area contributed by atoms with Crippen LogP contribution in [0.5, 0.6) is 0 Å². The molecule has 2 heterocycles. The quantitative estimate of drug-likeness (QED) is 0.896. The molecule has 0 spiro atoms. The van der Waals surface area contributed by atoms with Crippen LogP contribution >= 0.6 is 0 Å². The summed E-state index contributed by atoms with van der Waals surface area (Å²) in [4.78, 5) is 0. The van der Waals surface area contributed by atoms with Gasteiger partial charge in [0, 0.05) is 25.7 Å². The second-order valence-electron chi connectivity index (χ2n) is 6.09. The molecule has 1 saturated heterocycles. The lowest BCUT2D eigenvalue weighted by molar-refractivity contribution is -0.149. The topological polar surface area (TPSA) is 48.3 Å². The van der Waals surface area contributed by atoms with Crippen molar-refractivity contribution in [2.45, 2.75) is 32.0 Å². The van der Waals surface area contributed by atoms with Crippen molar-refractivity contribution >= 4 is 0 Å². The van der Waals surface area contributed by atoms with E-state index < -0.39 is 17.7 Å². The fourth-order valence-electron chi connectivity index (χ4n) is 2.79. The van der Waals surface area contributed by atoms with Gasteiger partial charge >= 0.3 is 6.18 Å². The minimum Gasteiger partial charge on any atom is -0.344 e. The molecule has 0 radical (unpaired) electrons. The number of rotatable bonds is 5. The Balaban J connectivity index is 1.62. The van der Waals surface area contributed by atoms with E-state index in [1.165, 1.54) is 11.7 Å². The maximum Gasteiger partial charge on any atom is 0.435 e. The van der Waals surface area contributed by atoms with Crippen LogP contribution in [0.4, 0.5) is 13.2 Å². The maximum atomic E-state index is 12.7. The first-order valence-corrected chi connectivity index (χ1v) is 7.96. The first-order valence-electron chi connectivity index (χ1n) is 7.96. The number of aryl methyl sites for hydroxylation is 1. The van der Waals surface area contributed by atoms with Gasteiger partial charge in [-0.2, -0.15) is 18.3 Å². The molecule has 0 unspecified atom stereocenters. The van der Waals surface area contributed by atoms with Crippen LogP contribution in [-0.4, -0.2) is 23.0 Å².